The molecule has 6 N–H and O–H groups in total. The van der Waals surface area contributed by atoms with Crippen molar-refractivity contribution in [1.29, 1.82) is 0 Å². The SMILES string of the molecule is CCC1C(=O)NC(SCC(=O)c2ccc(OC(=O)C(N)CC(N)=O)cc2)NC1CC1CCCCC1. The summed E-state index contributed by atoms with van der Waals surface area (Å²) < 4.78 is 5.13. The molecule has 2 fully saturated rings. The van der Waals surface area contributed by atoms with Gasteiger partial charge in [-0.25, -0.2) is 4.79 Å². The Bertz CT molecular complexity index is 904. The Kier molecular flexibility index (Phi) is 10.1. The van der Waals surface area contributed by atoms with Gasteiger partial charge in [-0.3, -0.25) is 19.7 Å². The molecule has 1 aliphatic carbocycles. The smallest absolute Gasteiger partial charge is 0.328 e. The van der Waals surface area contributed by atoms with Gasteiger partial charge >= 0.3 is 5.97 Å². The third-order valence-electron chi connectivity index (χ3n) is 6.71. The molecule has 1 saturated heterocycles. The van der Waals surface area contributed by atoms with Gasteiger partial charge in [0.15, 0.2) is 5.78 Å². The molecule has 0 spiro atoms. The number of thioether (sulfide) groups is 1. The Morgan fingerprint density at radius 2 is 1.83 bits per heavy atom. The first-order valence-electron chi connectivity index (χ1n) is 12.3. The zero-order chi connectivity index (χ0) is 25.4. The van der Waals surface area contributed by atoms with Gasteiger partial charge in [0, 0.05) is 11.6 Å². The van der Waals surface area contributed by atoms with Crippen molar-refractivity contribution in [3.63, 3.8) is 0 Å². The predicted octanol–water partition coefficient (Wildman–Crippen LogP) is 2.08. The number of ether oxygens (including phenoxy) is 1. The van der Waals surface area contributed by atoms with Crippen LogP contribution in [0.25, 0.3) is 0 Å². The van der Waals surface area contributed by atoms with Crippen LogP contribution in [-0.2, 0) is 14.4 Å². The first kappa shape index (κ1) is 27.2. The van der Waals surface area contributed by atoms with E-state index in [1.54, 1.807) is 12.1 Å². The van der Waals surface area contributed by atoms with Crippen LogP contribution in [0.15, 0.2) is 24.3 Å². The Hall–Kier alpha value is -2.43. The van der Waals surface area contributed by atoms with Crippen LogP contribution in [0.1, 0.15) is 68.6 Å². The van der Waals surface area contributed by atoms with E-state index in [0.717, 1.165) is 12.8 Å². The van der Waals surface area contributed by atoms with E-state index in [4.69, 9.17) is 16.2 Å². The number of amides is 2. The fraction of sp³-hybridized carbons (Fsp3) is 0.600. The standard InChI is InChI=1S/C25H36N4O5S/c1-2-18-20(12-15-6-4-3-5-7-15)28-25(29-23(18)32)35-14-21(30)16-8-10-17(11-9-16)34-24(33)19(26)13-22(27)31/h8-11,15,18-20,25,28H,2-7,12-14,26H2,1H3,(H2,27,31)(H,29,32). The lowest BCUT2D eigenvalue weighted by molar-refractivity contribution is -0.137. The molecule has 35 heavy (non-hydrogen) atoms. The van der Waals surface area contributed by atoms with E-state index in [-0.39, 0.29) is 47.1 Å². The quantitative estimate of drug-likeness (QED) is 0.203. The van der Waals surface area contributed by atoms with Crippen molar-refractivity contribution in [2.45, 2.75) is 75.9 Å². The highest BCUT2D eigenvalue weighted by Gasteiger charge is 2.36. The second-order valence-electron chi connectivity index (χ2n) is 9.37. The van der Waals surface area contributed by atoms with Crippen LogP contribution < -0.4 is 26.8 Å². The molecule has 0 bridgehead atoms. The van der Waals surface area contributed by atoms with Crippen molar-refractivity contribution in [2.24, 2.45) is 23.3 Å². The van der Waals surface area contributed by atoms with Crippen molar-refractivity contribution in [3.05, 3.63) is 29.8 Å². The second kappa shape index (κ2) is 13.0. The molecule has 4 unspecified atom stereocenters. The first-order valence-corrected chi connectivity index (χ1v) is 13.4. The maximum Gasteiger partial charge on any atom is 0.328 e. The van der Waals surface area contributed by atoms with Crippen LogP contribution in [0.2, 0.25) is 0 Å². The van der Waals surface area contributed by atoms with Crippen LogP contribution in [0.5, 0.6) is 5.75 Å². The fourth-order valence-electron chi connectivity index (χ4n) is 4.79. The van der Waals surface area contributed by atoms with Crippen LogP contribution in [0, 0.1) is 11.8 Å². The van der Waals surface area contributed by atoms with Crippen molar-refractivity contribution < 1.29 is 23.9 Å². The van der Waals surface area contributed by atoms with Crippen LogP contribution in [-0.4, -0.2) is 46.9 Å². The minimum absolute atomic E-state index is 0.0455. The number of esters is 1. The zero-order valence-corrected chi connectivity index (χ0v) is 21.0. The molecule has 1 aliphatic heterocycles. The van der Waals surface area contributed by atoms with Gasteiger partial charge in [0.05, 0.1) is 18.1 Å². The summed E-state index contributed by atoms with van der Waals surface area (Å²) >= 11 is 1.37. The number of ketones is 1. The summed E-state index contributed by atoms with van der Waals surface area (Å²) in [4.78, 5) is 48.2. The first-order chi connectivity index (χ1) is 16.8. The van der Waals surface area contributed by atoms with E-state index in [2.05, 4.69) is 10.6 Å². The van der Waals surface area contributed by atoms with Crippen molar-refractivity contribution in [3.8, 4) is 5.75 Å². The van der Waals surface area contributed by atoms with Gasteiger partial charge in [0.1, 0.15) is 17.3 Å². The lowest BCUT2D eigenvalue weighted by Gasteiger charge is -2.39. The molecule has 9 nitrogen and oxygen atoms in total. The average molecular weight is 505 g/mol. The highest BCUT2D eigenvalue weighted by atomic mass is 32.2. The Morgan fingerprint density at radius 1 is 1.14 bits per heavy atom. The molecule has 0 radical (unpaired) electrons. The molecule has 1 heterocycles. The monoisotopic (exact) mass is 504 g/mol. The summed E-state index contributed by atoms with van der Waals surface area (Å²) in [6.07, 6.45) is 7.79. The molecule has 1 aromatic rings. The maximum absolute atomic E-state index is 12.7. The summed E-state index contributed by atoms with van der Waals surface area (Å²) in [6.45, 7) is 2.04. The number of carbonyl (C=O) groups is 4. The van der Waals surface area contributed by atoms with Gasteiger partial charge in [-0.05, 0) is 43.0 Å². The van der Waals surface area contributed by atoms with Crippen molar-refractivity contribution in [2.75, 3.05) is 5.75 Å². The normalized spacial score (nSPS) is 23.8. The molecule has 0 aromatic heterocycles. The van der Waals surface area contributed by atoms with Crippen LogP contribution >= 0.6 is 11.8 Å². The Labute approximate surface area is 210 Å². The van der Waals surface area contributed by atoms with Crippen LogP contribution in [0.4, 0.5) is 0 Å². The van der Waals surface area contributed by atoms with Crippen molar-refractivity contribution >= 4 is 35.3 Å². The summed E-state index contributed by atoms with van der Waals surface area (Å²) in [5.74, 6) is -0.493. The van der Waals surface area contributed by atoms with Crippen molar-refractivity contribution in [1.82, 2.24) is 10.6 Å². The van der Waals surface area contributed by atoms with Gasteiger partial charge in [0.25, 0.3) is 0 Å². The summed E-state index contributed by atoms with van der Waals surface area (Å²) in [5, 5.41) is 6.57. The summed E-state index contributed by atoms with van der Waals surface area (Å²) in [6, 6.07) is 5.12. The predicted molar refractivity (Wildman–Crippen MR) is 134 cm³/mol. The molecule has 1 saturated carbocycles. The molecule has 2 aliphatic rings. The minimum atomic E-state index is -1.14. The maximum atomic E-state index is 12.7. The van der Waals surface area contributed by atoms with E-state index in [1.165, 1.54) is 56.0 Å². The number of carbonyl (C=O) groups excluding carboxylic acids is 4. The van der Waals surface area contributed by atoms with Gasteiger partial charge in [-0.1, -0.05) is 39.0 Å². The van der Waals surface area contributed by atoms with E-state index < -0.39 is 17.9 Å². The van der Waals surface area contributed by atoms with E-state index in [9.17, 15) is 19.2 Å². The minimum Gasteiger partial charge on any atom is -0.425 e. The number of hydrogen-bond acceptors (Lipinski definition) is 8. The number of hydrogen-bond donors (Lipinski definition) is 4. The second-order valence-corrected chi connectivity index (χ2v) is 10.5. The molecule has 2 amide bonds. The summed E-state index contributed by atoms with van der Waals surface area (Å²) in [7, 11) is 0. The largest absolute Gasteiger partial charge is 0.425 e. The van der Waals surface area contributed by atoms with E-state index in [1.807, 2.05) is 6.92 Å². The Morgan fingerprint density at radius 3 is 2.46 bits per heavy atom. The number of rotatable bonds is 11. The number of Topliss-reactive ketones (excluding diaryl/α,β-unsaturated/α-hetero) is 1. The highest BCUT2D eigenvalue weighted by Crippen LogP contribution is 2.31. The lowest BCUT2D eigenvalue weighted by Crippen LogP contribution is -2.60. The fourth-order valence-corrected chi connectivity index (χ4v) is 5.74. The molecule has 192 valence electrons. The molecular weight excluding hydrogens is 468 g/mol. The number of nitrogens with two attached hydrogens (primary N) is 2. The Balaban J connectivity index is 1.51. The highest BCUT2D eigenvalue weighted by molar-refractivity contribution is 8.00. The third-order valence-corrected chi connectivity index (χ3v) is 7.73. The molecule has 1 aromatic carbocycles. The third kappa shape index (κ3) is 8.05. The van der Waals surface area contributed by atoms with E-state index >= 15 is 0 Å². The molecular formula is C25H36N4O5S. The van der Waals surface area contributed by atoms with Gasteiger partial charge in [-0.15, -0.1) is 11.8 Å². The van der Waals surface area contributed by atoms with E-state index in [0.29, 0.717) is 11.5 Å². The lowest BCUT2D eigenvalue weighted by atomic mass is 9.80. The average Bonchev–Trinajstić information content (AvgIpc) is 2.83. The molecule has 3 rings (SSSR count). The number of benzene rings is 1. The van der Waals surface area contributed by atoms with Gasteiger partial charge < -0.3 is 21.5 Å². The topological polar surface area (TPSA) is 154 Å². The summed E-state index contributed by atoms with van der Waals surface area (Å²) in [5.41, 5.74) is 10.8. The zero-order valence-electron chi connectivity index (χ0n) is 20.2. The van der Waals surface area contributed by atoms with Crippen LogP contribution in [0.3, 0.4) is 0 Å². The number of nitrogens with one attached hydrogen (secondary N) is 2. The van der Waals surface area contributed by atoms with Gasteiger partial charge in [-0.2, -0.15) is 0 Å². The number of primary amides is 1. The molecule has 10 heteroatoms. The molecule has 4 atom stereocenters. The van der Waals surface area contributed by atoms with Gasteiger partial charge in [0.2, 0.25) is 11.8 Å².